The number of hydrogen-bond donors (Lipinski definition) is 0. The summed E-state index contributed by atoms with van der Waals surface area (Å²) in [5.74, 6) is 2.83. The zero-order valence-electron chi connectivity index (χ0n) is 15.9. The van der Waals surface area contributed by atoms with Gasteiger partial charge < -0.3 is 14.7 Å². The van der Waals surface area contributed by atoms with Crippen molar-refractivity contribution in [3.8, 4) is 0 Å². The SMILES string of the molecule is Cc1nnc2ccc(N3CC(N(C)c4ncnc5c4CN(C)CC5)C3)nn12. The molecule has 2 aliphatic heterocycles. The maximum Gasteiger partial charge on any atom is 0.178 e. The average Bonchev–Trinajstić information content (AvgIpc) is 3.00. The zero-order valence-corrected chi connectivity index (χ0v) is 15.9. The molecule has 9 nitrogen and oxygen atoms in total. The summed E-state index contributed by atoms with van der Waals surface area (Å²) in [5.41, 5.74) is 3.24. The lowest BCUT2D eigenvalue weighted by molar-refractivity contribution is 0.308. The van der Waals surface area contributed by atoms with Crippen molar-refractivity contribution in [1.82, 2.24) is 34.7 Å². The van der Waals surface area contributed by atoms with Crippen LogP contribution in [0.15, 0.2) is 18.5 Å². The van der Waals surface area contributed by atoms with Crippen LogP contribution in [0.3, 0.4) is 0 Å². The Bertz CT molecular complexity index is 992. The molecule has 0 saturated carbocycles. The minimum Gasteiger partial charge on any atom is -0.353 e. The highest BCUT2D eigenvalue weighted by molar-refractivity contribution is 5.54. The third kappa shape index (κ3) is 2.69. The Hall–Kier alpha value is -2.81. The number of rotatable bonds is 3. The first kappa shape index (κ1) is 16.4. The Morgan fingerprint density at radius 3 is 2.85 bits per heavy atom. The Labute approximate surface area is 157 Å². The summed E-state index contributed by atoms with van der Waals surface area (Å²) in [6.45, 7) is 5.73. The summed E-state index contributed by atoms with van der Waals surface area (Å²) in [7, 11) is 4.29. The predicted molar refractivity (Wildman–Crippen MR) is 102 cm³/mol. The first-order chi connectivity index (χ1) is 13.1. The van der Waals surface area contributed by atoms with E-state index in [9.17, 15) is 0 Å². The van der Waals surface area contributed by atoms with Crippen molar-refractivity contribution in [2.45, 2.75) is 25.9 Å². The van der Waals surface area contributed by atoms with Gasteiger partial charge in [0.2, 0.25) is 0 Å². The molecule has 5 heterocycles. The van der Waals surface area contributed by atoms with E-state index in [-0.39, 0.29) is 0 Å². The molecular weight excluding hydrogens is 342 g/mol. The first-order valence-corrected chi connectivity index (χ1v) is 9.28. The summed E-state index contributed by atoms with van der Waals surface area (Å²) >= 11 is 0. The molecule has 0 aromatic carbocycles. The summed E-state index contributed by atoms with van der Waals surface area (Å²) in [5, 5.41) is 12.8. The average molecular weight is 365 g/mol. The molecule has 1 saturated heterocycles. The molecule has 3 aromatic rings. The Kier molecular flexibility index (Phi) is 3.71. The van der Waals surface area contributed by atoms with Gasteiger partial charge in [-0.05, 0) is 26.1 Å². The molecule has 3 aromatic heterocycles. The van der Waals surface area contributed by atoms with Gasteiger partial charge in [0.1, 0.15) is 18.0 Å². The predicted octanol–water partition coefficient (Wildman–Crippen LogP) is 0.536. The highest BCUT2D eigenvalue weighted by Gasteiger charge is 2.33. The van der Waals surface area contributed by atoms with Crippen LogP contribution in [-0.4, -0.2) is 74.5 Å². The van der Waals surface area contributed by atoms with Gasteiger partial charge in [-0.15, -0.1) is 15.3 Å². The van der Waals surface area contributed by atoms with Crippen LogP contribution >= 0.6 is 0 Å². The molecule has 0 N–H and O–H groups in total. The van der Waals surface area contributed by atoms with Crippen molar-refractivity contribution in [3.63, 3.8) is 0 Å². The van der Waals surface area contributed by atoms with Crippen molar-refractivity contribution >= 4 is 17.3 Å². The van der Waals surface area contributed by atoms with Gasteiger partial charge in [0, 0.05) is 45.2 Å². The van der Waals surface area contributed by atoms with Crippen LogP contribution in [0, 0.1) is 6.92 Å². The Balaban J connectivity index is 1.34. The van der Waals surface area contributed by atoms with Crippen LogP contribution in [0.2, 0.25) is 0 Å². The number of anilines is 2. The van der Waals surface area contributed by atoms with Gasteiger partial charge in [0.15, 0.2) is 11.5 Å². The van der Waals surface area contributed by atoms with E-state index in [1.165, 1.54) is 11.3 Å². The van der Waals surface area contributed by atoms with E-state index in [4.69, 9.17) is 0 Å². The monoisotopic (exact) mass is 365 g/mol. The maximum atomic E-state index is 4.67. The smallest absolute Gasteiger partial charge is 0.178 e. The molecule has 0 atom stereocenters. The summed E-state index contributed by atoms with van der Waals surface area (Å²) < 4.78 is 1.79. The van der Waals surface area contributed by atoms with Crippen LogP contribution in [-0.2, 0) is 13.0 Å². The summed E-state index contributed by atoms with van der Waals surface area (Å²) in [6, 6.07) is 4.40. The van der Waals surface area contributed by atoms with Crippen molar-refractivity contribution in [1.29, 1.82) is 0 Å². The van der Waals surface area contributed by atoms with Gasteiger partial charge in [-0.25, -0.2) is 9.97 Å². The van der Waals surface area contributed by atoms with E-state index in [1.54, 1.807) is 10.8 Å². The molecule has 5 rings (SSSR count). The minimum atomic E-state index is 0.413. The number of likely N-dealkylation sites (N-methyl/N-ethyl adjacent to an activating group) is 2. The fourth-order valence-corrected chi connectivity index (χ4v) is 3.88. The number of nitrogens with zero attached hydrogens (tertiary/aromatic N) is 9. The molecule has 1 fully saturated rings. The van der Waals surface area contributed by atoms with Gasteiger partial charge in [-0.3, -0.25) is 0 Å². The van der Waals surface area contributed by atoms with E-state index in [2.05, 4.69) is 54.1 Å². The number of aryl methyl sites for hydroxylation is 1. The normalized spacial score (nSPS) is 17.8. The van der Waals surface area contributed by atoms with E-state index < -0.39 is 0 Å². The third-order valence-corrected chi connectivity index (χ3v) is 5.64. The van der Waals surface area contributed by atoms with Gasteiger partial charge in [0.25, 0.3) is 0 Å². The second kappa shape index (κ2) is 6.12. The van der Waals surface area contributed by atoms with Gasteiger partial charge in [-0.2, -0.15) is 4.52 Å². The highest BCUT2D eigenvalue weighted by Crippen LogP contribution is 2.29. The molecule has 0 radical (unpaired) electrons. The molecular formula is C18H23N9. The van der Waals surface area contributed by atoms with Gasteiger partial charge >= 0.3 is 0 Å². The molecule has 0 aliphatic carbocycles. The van der Waals surface area contributed by atoms with Gasteiger partial charge in [-0.1, -0.05) is 0 Å². The van der Waals surface area contributed by atoms with Crippen molar-refractivity contribution < 1.29 is 0 Å². The fraction of sp³-hybridized carbons (Fsp3) is 0.500. The summed E-state index contributed by atoms with van der Waals surface area (Å²) in [6.07, 6.45) is 2.70. The minimum absolute atomic E-state index is 0.413. The lowest BCUT2D eigenvalue weighted by atomic mass is 10.0. The van der Waals surface area contributed by atoms with Crippen molar-refractivity contribution in [2.24, 2.45) is 0 Å². The van der Waals surface area contributed by atoms with Crippen LogP contribution in [0.1, 0.15) is 17.1 Å². The zero-order chi connectivity index (χ0) is 18.5. The topological polar surface area (TPSA) is 78.6 Å². The van der Waals surface area contributed by atoms with Crippen LogP contribution in [0.4, 0.5) is 11.6 Å². The van der Waals surface area contributed by atoms with E-state index in [0.717, 1.165) is 55.7 Å². The molecule has 9 heteroatoms. The number of aromatic nitrogens is 6. The van der Waals surface area contributed by atoms with E-state index in [0.29, 0.717) is 6.04 Å². The molecule has 140 valence electrons. The maximum absolute atomic E-state index is 4.67. The van der Waals surface area contributed by atoms with Crippen molar-refractivity contribution in [3.05, 3.63) is 35.5 Å². The van der Waals surface area contributed by atoms with E-state index in [1.807, 2.05) is 19.1 Å². The van der Waals surface area contributed by atoms with Gasteiger partial charge in [0.05, 0.1) is 11.7 Å². The second-order valence-corrected chi connectivity index (χ2v) is 7.49. The molecule has 27 heavy (non-hydrogen) atoms. The molecule has 0 amide bonds. The van der Waals surface area contributed by atoms with Crippen LogP contribution < -0.4 is 9.80 Å². The lowest BCUT2D eigenvalue weighted by Gasteiger charge is -2.45. The van der Waals surface area contributed by atoms with E-state index >= 15 is 0 Å². The van der Waals surface area contributed by atoms with Crippen molar-refractivity contribution in [2.75, 3.05) is 43.5 Å². The molecule has 0 unspecified atom stereocenters. The second-order valence-electron chi connectivity index (χ2n) is 7.49. The number of fused-ring (bicyclic) bond motifs is 2. The fourth-order valence-electron chi connectivity index (χ4n) is 3.88. The highest BCUT2D eigenvalue weighted by atomic mass is 15.4. The molecule has 0 bridgehead atoms. The Morgan fingerprint density at radius 2 is 2.00 bits per heavy atom. The standard InChI is InChI=1S/C18H23N9/c1-12-21-22-16-4-5-17(23-27(12)16)26-8-13(9-26)25(3)18-14-10-24(2)7-6-15(14)19-11-20-18/h4-5,11,13H,6-10H2,1-3H3. The largest absolute Gasteiger partial charge is 0.353 e. The quantitative estimate of drug-likeness (QED) is 0.665. The first-order valence-electron chi connectivity index (χ1n) is 9.28. The molecule has 2 aliphatic rings. The lowest BCUT2D eigenvalue weighted by Crippen LogP contribution is -2.59. The van der Waals surface area contributed by atoms with Crippen LogP contribution in [0.25, 0.3) is 5.65 Å². The Morgan fingerprint density at radius 1 is 1.15 bits per heavy atom. The molecule has 0 spiro atoms. The number of hydrogen-bond acceptors (Lipinski definition) is 8. The van der Waals surface area contributed by atoms with Crippen LogP contribution in [0.5, 0.6) is 0 Å². The third-order valence-electron chi connectivity index (χ3n) is 5.64. The summed E-state index contributed by atoms with van der Waals surface area (Å²) in [4.78, 5) is 16.0.